The van der Waals surface area contributed by atoms with Crippen molar-refractivity contribution in [1.29, 1.82) is 0 Å². The normalized spacial score (nSPS) is 12.7. The van der Waals surface area contributed by atoms with Crippen LogP contribution >= 0.6 is 0 Å². The van der Waals surface area contributed by atoms with Crippen molar-refractivity contribution >= 4 is 11.8 Å². The number of aromatic nitrogens is 1. The van der Waals surface area contributed by atoms with Crippen molar-refractivity contribution in [2.45, 2.75) is 39.0 Å². The summed E-state index contributed by atoms with van der Waals surface area (Å²) in [5.74, 6) is -3.24. The Morgan fingerprint density at radius 3 is 2.14 bits per heavy atom. The van der Waals surface area contributed by atoms with Crippen LogP contribution in [-0.4, -0.2) is 22.3 Å². The average molecular weight is 489 g/mol. The Kier molecular flexibility index (Phi) is 7.57. The van der Waals surface area contributed by atoms with Crippen LogP contribution in [0.1, 0.15) is 42.3 Å². The van der Waals surface area contributed by atoms with Gasteiger partial charge in [0, 0.05) is 6.20 Å². The van der Waals surface area contributed by atoms with Crippen molar-refractivity contribution in [1.82, 2.24) is 4.98 Å². The van der Waals surface area contributed by atoms with Crippen LogP contribution in [0.3, 0.4) is 0 Å². The van der Waals surface area contributed by atoms with Gasteiger partial charge in [0.2, 0.25) is 5.88 Å². The Labute approximate surface area is 199 Å². The molecule has 3 rings (SSSR count). The van der Waals surface area contributed by atoms with Crippen LogP contribution in [0.15, 0.2) is 66.9 Å². The number of ketones is 1. The second kappa shape index (κ2) is 10.2. The lowest BCUT2D eigenvalue weighted by molar-refractivity contribution is -0.158. The molecule has 1 atom stereocenters. The molecule has 0 aliphatic carbocycles. The number of Topliss-reactive ketones (excluding diaryl/α,β-unsaturated/α-hetero) is 1. The van der Waals surface area contributed by atoms with Gasteiger partial charge in [-0.3, -0.25) is 9.59 Å². The molecule has 3 aromatic rings. The molecule has 5 nitrogen and oxygen atoms in total. The molecule has 0 aliphatic heterocycles. The van der Waals surface area contributed by atoms with Crippen molar-refractivity contribution in [3.05, 3.63) is 89.4 Å². The van der Waals surface area contributed by atoms with E-state index in [1.54, 1.807) is 20.8 Å². The quantitative estimate of drug-likeness (QED) is 0.166. The van der Waals surface area contributed by atoms with E-state index in [2.05, 4.69) is 4.98 Å². The number of pyridine rings is 1. The topological polar surface area (TPSA) is 65.5 Å². The Hall–Kier alpha value is -3.75. The molecule has 0 saturated heterocycles. The predicted molar refractivity (Wildman–Crippen MR) is 120 cm³/mol. The first-order valence-electron chi connectivity index (χ1n) is 10.6. The molecule has 0 N–H and O–H groups in total. The summed E-state index contributed by atoms with van der Waals surface area (Å²) in [6.07, 6.45) is -3.33. The summed E-state index contributed by atoms with van der Waals surface area (Å²) in [7, 11) is 0. The van der Waals surface area contributed by atoms with Crippen molar-refractivity contribution < 1.29 is 36.6 Å². The van der Waals surface area contributed by atoms with E-state index < -0.39 is 40.8 Å². The molecule has 0 spiro atoms. The summed E-state index contributed by atoms with van der Waals surface area (Å²) in [4.78, 5) is 30.6. The maximum atomic E-state index is 13.5. The standard InChI is InChI=1S/C26H23F4NO4/c1-25(2,3)35-24(33)21(15-16-6-8-17(9-7-16)26(28,29)30)22(32)20-5-4-14-31-23(20)34-19-12-10-18(27)11-13-19/h4-14,21H,15H2,1-3H3. The molecule has 35 heavy (non-hydrogen) atoms. The van der Waals surface area contributed by atoms with Gasteiger partial charge in [-0.15, -0.1) is 0 Å². The maximum absolute atomic E-state index is 13.5. The van der Waals surface area contributed by atoms with E-state index in [1.165, 1.54) is 54.7 Å². The van der Waals surface area contributed by atoms with Crippen LogP contribution in [0.4, 0.5) is 17.6 Å². The fourth-order valence-corrected chi connectivity index (χ4v) is 3.18. The number of ether oxygens (including phenoxy) is 2. The largest absolute Gasteiger partial charge is 0.459 e. The Morgan fingerprint density at radius 2 is 1.57 bits per heavy atom. The summed E-state index contributed by atoms with van der Waals surface area (Å²) in [5, 5.41) is 0. The van der Waals surface area contributed by atoms with E-state index in [9.17, 15) is 27.2 Å². The summed E-state index contributed by atoms with van der Waals surface area (Å²) in [5.41, 5.74) is -1.44. The molecule has 0 fully saturated rings. The van der Waals surface area contributed by atoms with Gasteiger partial charge in [0.1, 0.15) is 23.1 Å². The molecule has 184 valence electrons. The zero-order valence-electron chi connectivity index (χ0n) is 19.2. The zero-order chi connectivity index (χ0) is 25.8. The molecule has 0 aliphatic rings. The highest BCUT2D eigenvalue weighted by Gasteiger charge is 2.35. The van der Waals surface area contributed by atoms with Crippen LogP contribution < -0.4 is 4.74 Å². The number of carbonyl (C=O) groups excluding carboxylic acids is 2. The fraction of sp³-hybridized carbons (Fsp3) is 0.269. The van der Waals surface area contributed by atoms with Gasteiger partial charge in [-0.25, -0.2) is 9.37 Å². The summed E-state index contributed by atoms with van der Waals surface area (Å²) in [6.45, 7) is 4.91. The monoisotopic (exact) mass is 489 g/mol. The Bertz CT molecular complexity index is 1180. The van der Waals surface area contributed by atoms with E-state index in [-0.39, 0.29) is 23.6 Å². The van der Waals surface area contributed by atoms with Crippen LogP contribution in [-0.2, 0) is 22.1 Å². The number of hydrogen-bond acceptors (Lipinski definition) is 5. The van der Waals surface area contributed by atoms with E-state index in [1.807, 2.05) is 0 Å². The Balaban J connectivity index is 1.94. The first kappa shape index (κ1) is 25.9. The lowest BCUT2D eigenvalue weighted by Gasteiger charge is -2.24. The highest BCUT2D eigenvalue weighted by Crippen LogP contribution is 2.31. The Morgan fingerprint density at radius 1 is 0.943 bits per heavy atom. The third kappa shape index (κ3) is 7.11. The minimum Gasteiger partial charge on any atom is -0.459 e. The van der Waals surface area contributed by atoms with Crippen LogP contribution in [0.5, 0.6) is 11.6 Å². The number of hydrogen-bond donors (Lipinski definition) is 0. The van der Waals surface area contributed by atoms with Crippen LogP contribution in [0.2, 0.25) is 0 Å². The highest BCUT2D eigenvalue weighted by atomic mass is 19.4. The van der Waals surface area contributed by atoms with Gasteiger partial charge in [0.25, 0.3) is 0 Å². The van der Waals surface area contributed by atoms with E-state index in [4.69, 9.17) is 9.47 Å². The molecule has 9 heteroatoms. The summed E-state index contributed by atoms with van der Waals surface area (Å²) < 4.78 is 63.1. The van der Waals surface area contributed by atoms with Gasteiger partial charge in [-0.05, 0) is 81.3 Å². The number of esters is 1. The van der Waals surface area contributed by atoms with E-state index >= 15 is 0 Å². The smallest absolute Gasteiger partial charge is 0.416 e. The number of alkyl halides is 3. The summed E-state index contributed by atoms with van der Waals surface area (Å²) in [6, 6.07) is 12.2. The minimum atomic E-state index is -4.51. The molecular formula is C26H23F4NO4. The molecule has 1 aromatic heterocycles. The number of rotatable bonds is 7. The number of halogens is 4. The fourth-order valence-electron chi connectivity index (χ4n) is 3.18. The first-order chi connectivity index (χ1) is 16.3. The van der Waals surface area contributed by atoms with Crippen LogP contribution in [0.25, 0.3) is 0 Å². The van der Waals surface area contributed by atoms with Crippen molar-refractivity contribution in [3.63, 3.8) is 0 Å². The minimum absolute atomic E-state index is 0.0282. The summed E-state index contributed by atoms with van der Waals surface area (Å²) >= 11 is 0. The molecule has 0 amide bonds. The molecule has 1 heterocycles. The van der Waals surface area contributed by atoms with Crippen LogP contribution in [0, 0.1) is 11.7 Å². The first-order valence-corrected chi connectivity index (χ1v) is 10.6. The van der Waals surface area contributed by atoms with Gasteiger partial charge in [0.15, 0.2) is 5.78 Å². The predicted octanol–water partition coefficient (Wildman–Crippen LogP) is 6.42. The van der Waals surface area contributed by atoms with Crippen molar-refractivity contribution in [3.8, 4) is 11.6 Å². The second-order valence-corrected chi connectivity index (χ2v) is 8.76. The van der Waals surface area contributed by atoms with Gasteiger partial charge in [0.05, 0.1) is 11.1 Å². The zero-order valence-corrected chi connectivity index (χ0v) is 19.2. The maximum Gasteiger partial charge on any atom is 0.416 e. The van der Waals surface area contributed by atoms with Gasteiger partial charge in [-0.2, -0.15) is 13.2 Å². The average Bonchev–Trinajstić information content (AvgIpc) is 2.77. The van der Waals surface area contributed by atoms with E-state index in [0.29, 0.717) is 5.56 Å². The number of benzene rings is 2. The molecular weight excluding hydrogens is 466 g/mol. The molecule has 0 radical (unpaired) electrons. The van der Waals surface area contributed by atoms with Crippen molar-refractivity contribution in [2.75, 3.05) is 0 Å². The molecule has 2 aromatic carbocycles. The number of carbonyl (C=O) groups is 2. The van der Waals surface area contributed by atoms with Gasteiger partial charge < -0.3 is 9.47 Å². The van der Waals surface area contributed by atoms with Gasteiger partial charge >= 0.3 is 12.1 Å². The third-order valence-corrected chi connectivity index (χ3v) is 4.79. The molecule has 1 unspecified atom stereocenters. The second-order valence-electron chi connectivity index (χ2n) is 8.76. The van der Waals surface area contributed by atoms with Gasteiger partial charge in [-0.1, -0.05) is 12.1 Å². The highest BCUT2D eigenvalue weighted by molar-refractivity contribution is 6.10. The van der Waals surface area contributed by atoms with Crippen molar-refractivity contribution in [2.24, 2.45) is 5.92 Å². The molecule has 0 saturated carbocycles. The molecule has 0 bridgehead atoms. The third-order valence-electron chi connectivity index (χ3n) is 4.79. The lowest BCUT2D eigenvalue weighted by Crippen LogP contribution is -2.34. The lowest BCUT2D eigenvalue weighted by atomic mass is 9.91. The van der Waals surface area contributed by atoms with E-state index in [0.717, 1.165) is 12.1 Å². The number of nitrogens with zero attached hydrogens (tertiary/aromatic N) is 1. The SMILES string of the molecule is CC(C)(C)OC(=O)C(Cc1ccc(C(F)(F)F)cc1)C(=O)c1cccnc1Oc1ccc(F)cc1.